The lowest BCUT2D eigenvalue weighted by Gasteiger charge is -2.26. The third-order valence-corrected chi connectivity index (χ3v) is 2.73. The minimum Gasteiger partial charge on any atom is -0.394 e. The van der Waals surface area contributed by atoms with Crippen molar-refractivity contribution >= 4 is 0 Å². The van der Waals surface area contributed by atoms with Crippen molar-refractivity contribution < 1.29 is 29.5 Å². The summed E-state index contributed by atoms with van der Waals surface area (Å²) in [5.74, 6) is -2.21. The molecule has 0 aliphatic carbocycles. The summed E-state index contributed by atoms with van der Waals surface area (Å²) in [5, 5.41) is 28.3. The van der Waals surface area contributed by atoms with Gasteiger partial charge in [-0.2, -0.15) is 0 Å². The van der Waals surface area contributed by atoms with E-state index < -0.39 is 29.9 Å². The van der Waals surface area contributed by atoms with Crippen LogP contribution in [0.25, 0.3) is 0 Å². The van der Waals surface area contributed by atoms with Crippen molar-refractivity contribution in [3.63, 3.8) is 0 Å². The van der Waals surface area contributed by atoms with Crippen LogP contribution in [0.3, 0.4) is 0 Å². The SMILES string of the molecule is CC1(C)OC[C@]2(O[C@@H](CO)[C@@H](O)[C@@H]2O)O1. The number of ether oxygens (including phenoxy) is 3. The molecule has 2 aliphatic heterocycles. The van der Waals surface area contributed by atoms with E-state index in [2.05, 4.69) is 0 Å². The van der Waals surface area contributed by atoms with E-state index in [9.17, 15) is 10.2 Å². The molecule has 4 atom stereocenters. The number of aliphatic hydroxyl groups excluding tert-OH is 3. The molecule has 1 spiro atoms. The summed E-state index contributed by atoms with van der Waals surface area (Å²) < 4.78 is 16.1. The van der Waals surface area contributed by atoms with Gasteiger partial charge in [-0.25, -0.2) is 0 Å². The van der Waals surface area contributed by atoms with E-state index in [0.29, 0.717) is 0 Å². The first-order valence-electron chi connectivity index (χ1n) is 4.89. The van der Waals surface area contributed by atoms with Crippen molar-refractivity contribution in [3.8, 4) is 0 Å². The second kappa shape index (κ2) is 3.38. The van der Waals surface area contributed by atoms with Crippen molar-refractivity contribution in [2.75, 3.05) is 13.2 Å². The fourth-order valence-electron chi connectivity index (χ4n) is 1.96. The Hall–Kier alpha value is -0.240. The van der Waals surface area contributed by atoms with E-state index in [0.717, 1.165) is 0 Å². The molecule has 2 saturated heterocycles. The van der Waals surface area contributed by atoms with Gasteiger partial charge in [-0.15, -0.1) is 0 Å². The minimum absolute atomic E-state index is 0.0364. The van der Waals surface area contributed by atoms with E-state index in [-0.39, 0.29) is 13.2 Å². The van der Waals surface area contributed by atoms with E-state index in [1.165, 1.54) is 0 Å². The molecule has 2 fully saturated rings. The van der Waals surface area contributed by atoms with Crippen LogP contribution in [0.15, 0.2) is 0 Å². The lowest BCUT2D eigenvalue weighted by molar-refractivity contribution is -0.270. The zero-order chi connectivity index (χ0) is 11.3. The molecule has 3 N–H and O–H groups in total. The van der Waals surface area contributed by atoms with Crippen molar-refractivity contribution in [1.29, 1.82) is 0 Å². The third-order valence-electron chi connectivity index (χ3n) is 2.73. The summed E-state index contributed by atoms with van der Waals surface area (Å²) in [6.07, 6.45) is -3.21. The van der Waals surface area contributed by atoms with Crippen molar-refractivity contribution in [2.45, 2.75) is 43.7 Å². The summed E-state index contributed by atoms with van der Waals surface area (Å²) in [7, 11) is 0. The highest BCUT2D eigenvalue weighted by Gasteiger charge is 2.61. The Kier molecular flexibility index (Phi) is 2.53. The van der Waals surface area contributed by atoms with Crippen molar-refractivity contribution in [3.05, 3.63) is 0 Å². The Balaban J connectivity index is 2.18. The molecule has 0 saturated carbocycles. The van der Waals surface area contributed by atoms with Gasteiger partial charge in [-0.3, -0.25) is 0 Å². The molecule has 15 heavy (non-hydrogen) atoms. The van der Waals surface area contributed by atoms with E-state index in [4.69, 9.17) is 19.3 Å². The topological polar surface area (TPSA) is 88.4 Å². The standard InChI is InChI=1S/C9H16O6/c1-8(2)13-4-9(15-8)7(12)6(11)5(3-10)14-9/h5-7,10-12H,3-4H2,1-2H3/t5-,6+,7-,9-/m0/s1. The third kappa shape index (κ3) is 1.67. The highest BCUT2D eigenvalue weighted by molar-refractivity contribution is 4.99. The molecule has 0 aromatic carbocycles. The number of hydrogen-bond acceptors (Lipinski definition) is 6. The van der Waals surface area contributed by atoms with Crippen molar-refractivity contribution in [2.24, 2.45) is 0 Å². The highest BCUT2D eigenvalue weighted by atomic mass is 16.8. The molecule has 6 heteroatoms. The Morgan fingerprint density at radius 3 is 2.40 bits per heavy atom. The fourth-order valence-corrected chi connectivity index (χ4v) is 1.96. The predicted octanol–water partition coefficient (Wildman–Crippen LogP) is -1.42. The Morgan fingerprint density at radius 1 is 1.33 bits per heavy atom. The van der Waals surface area contributed by atoms with Gasteiger partial charge in [0.15, 0.2) is 5.79 Å². The molecule has 0 unspecified atom stereocenters. The maximum Gasteiger partial charge on any atom is 0.224 e. The van der Waals surface area contributed by atoms with E-state index in [1.807, 2.05) is 0 Å². The van der Waals surface area contributed by atoms with Crippen LogP contribution < -0.4 is 0 Å². The number of rotatable bonds is 1. The van der Waals surface area contributed by atoms with E-state index >= 15 is 0 Å². The van der Waals surface area contributed by atoms with Crippen molar-refractivity contribution in [1.82, 2.24) is 0 Å². The second-order valence-electron chi connectivity index (χ2n) is 4.38. The number of aliphatic hydroxyl groups is 3. The summed E-state index contributed by atoms with van der Waals surface area (Å²) in [5.41, 5.74) is 0. The monoisotopic (exact) mass is 220 g/mol. The maximum atomic E-state index is 9.79. The summed E-state index contributed by atoms with van der Waals surface area (Å²) >= 11 is 0. The van der Waals surface area contributed by atoms with Gasteiger partial charge in [-0.1, -0.05) is 0 Å². The van der Waals surface area contributed by atoms with Crippen LogP contribution in [0.2, 0.25) is 0 Å². The molecule has 2 aliphatic rings. The second-order valence-corrected chi connectivity index (χ2v) is 4.38. The molecular formula is C9H16O6. The van der Waals surface area contributed by atoms with Gasteiger partial charge in [0, 0.05) is 0 Å². The average molecular weight is 220 g/mol. The molecule has 0 radical (unpaired) electrons. The lowest BCUT2D eigenvalue weighted by Crippen LogP contribution is -2.46. The van der Waals surface area contributed by atoms with Gasteiger partial charge >= 0.3 is 0 Å². The minimum atomic E-state index is -1.35. The number of hydrogen-bond donors (Lipinski definition) is 3. The summed E-state index contributed by atoms with van der Waals surface area (Å²) in [4.78, 5) is 0. The van der Waals surface area contributed by atoms with Crippen LogP contribution in [0.4, 0.5) is 0 Å². The molecule has 88 valence electrons. The predicted molar refractivity (Wildman–Crippen MR) is 47.8 cm³/mol. The molecular weight excluding hydrogens is 204 g/mol. The Morgan fingerprint density at radius 2 is 2.00 bits per heavy atom. The van der Waals surface area contributed by atoms with Crippen LogP contribution in [0.1, 0.15) is 13.8 Å². The van der Waals surface area contributed by atoms with Crippen LogP contribution >= 0.6 is 0 Å². The zero-order valence-corrected chi connectivity index (χ0v) is 8.71. The van der Waals surface area contributed by atoms with Crippen LogP contribution in [0.5, 0.6) is 0 Å². The first-order valence-corrected chi connectivity index (χ1v) is 4.89. The average Bonchev–Trinajstić information content (AvgIpc) is 2.60. The Labute approximate surface area is 87.4 Å². The summed E-state index contributed by atoms with van der Waals surface area (Å²) in [6.45, 7) is 3.05. The van der Waals surface area contributed by atoms with Gasteiger partial charge in [0.2, 0.25) is 5.79 Å². The smallest absolute Gasteiger partial charge is 0.224 e. The highest BCUT2D eigenvalue weighted by Crippen LogP contribution is 2.41. The maximum absolute atomic E-state index is 9.79. The van der Waals surface area contributed by atoms with Gasteiger partial charge in [0.1, 0.15) is 24.9 Å². The molecule has 0 aromatic rings. The molecule has 2 heterocycles. The van der Waals surface area contributed by atoms with E-state index in [1.54, 1.807) is 13.8 Å². The largest absolute Gasteiger partial charge is 0.394 e. The van der Waals surface area contributed by atoms with Crippen LogP contribution in [-0.4, -0.2) is 58.4 Å². The Bertz CT molecular complexity index is 255. The first-order chi connectivity index (χ1) is 6.90. The molecule has 2 rings (SSSR count). The van der Waals surface area contributed by atoms with Crippen LogP contribution in [0, 0.1) is 0 Å². The molecule has 0 amide bonds. The van der Waals surface area contributed by atoms with Gasteiger partial charge in [-0.05, 0) is 13.8 Å². The lowest BCUT2D eigenvalue weighted by atomic mass is 10.1. The first kappa shape index (κ1) is 11.3. The quantitative estimate of drug-likeness (QED) is 0.502. The fraction of sp³-hybridized carbons (Fsp3) is 1.00. The van der Waals surface area contributed by atoms with Crippen LogP contribution in [-0.2, 0) is 14.2 Å². The zero-order valence-electron chi connectivity index (χ0n) is 8.71. The van der Waals surface area contributed by atoms with Gasteiger partial charge in [0.25, 0.3) is 0 Å². The van der Waals surface area contributed by atoms with Gasteiger partial charge < -0.3 is 29.5 Å². The molecule has 0 aromatic heterocycles. The molecule has 0 bridgehead atoms. The molecule has 6 nitrogen and oxygen atoms in total. The normalized spacial score (nSPS) is 49.0. The van der Waals surface area contributed by atoms with Gasteiger partial charge in [0.05, 0.1) is 6.61 Å². The summed E-state index contributed by atoms with van der Waals surface area (Å²) in [6, 6.07) is 0.